The molecule has 1 aromatic carbocycles. The third kappa shape index (κ3) is 3.60. The molecule has 0 aliphatic carbocycles. The molecule has 0 aliphatic rings. The van der Waals surface area contributed by atoms with Gasteiger partial charge in [0.05, 0.1) is 13.5 Å². The maximum absolute atomic E-state index is 12.0. The number of carbonyl (C=O) groups is 2. The van der Waals surface area contributed by atoms with E-state index in [0.717, 1.165) is 0 Å². The van der Waals surface area contributed by atoms with E-state index in [2.05, 4.69) is 10.1 Å². The van der Waals surface area contributed by atoms with Crippen molar-refractivity contribution >= 4 is 11.9 Å². The van der Waals surface area contributed by atoms with Gasteiger partial charge in [-0.1, -0.05) is 11.2 Å². The molecule has 1 heterocycles. The Morgan fingerprint density at radius 2 is 2.18 bits per heavy atom. The van der Waals surface area contributed by atoms with Crippen LogP contribution >= 0.6 is 0 Å². The van der Waals surface area contributed by atoms with Gasteiger partial charge in [-0.05, 0) is 18.2 Å². The number of amides is 1. The summed E-state index contributed by atoms with van der Waals surface area (Å²) in [6.45, 7) is 0.0667. The molecule has 22 heavy (non-hydrogen) atoms. The molecule has 1 N–H and O–H groups in total. The largest absolute Gasteiger partial charge is 0.497 e. The summed E-state index contributed by atoms with van der Waals surface area (Å²) < 4.78 is 10.2. The van der Waals surface area contributed by atoms with Crippen LogP contribution in [0.2, 0.25) is 0 Å². The van der Waals surface area contributed by atoms with Crippen LogP contribution in [0.25, 0.3) is 11.5 Å². The summed E-state index contributed by atoms with van der Waals surface area (Å²) in [4.78, 5) is 27.8. The van der Waals surface area contributed by atoms with Crippen molar-refractivity contribution in [2.45, 2.75) is 6.42 Å². The van der Waals surface area contributed by atoms with Crippen LogP contribution in [0.15, 0.2) is 28.8 Å². The van der Waals surface area contributed by atoms with Crippen molar-refractivity contribution < 1.29 is 24.0 Å². The first kappa shape index (κ1) is 15.5. The second kappa shape index (κ2) is 6.70. The summed E-state index contributed by atoms with van der Waals surface area (Å²) in [6, 6.07) is 6.98. The number of aliphatic carboxylic acids is 1. The average Bonchev–Trinajstić information content (AvgIpc) is 3.01. The van der Waals surface area contributed by atoms with E-state index < -0.39 is 11.9 Å². The van der Waals surface area contributed by atoms with Crippen LogP contribution in [0.1, 0.15) is 17.0 Å². The van der Waals surface area contributed by atoms with Gasteiger partial charge in [0.15, 0.2) is 0 Å². The maximum Gasteiger partial charge on any atom is 0.305 e. The fraction of sp³-hybridized carbons (Fsp3) is 0.286. The Labute approximate surface area is 126 Å². The predicted octanol–water partition coefficient (Wildman–Crippen LogP) is 1.29. The molecule has 1 amide bonds. The van der Waals surface area contributed by atoms with Crippen molar-refractivity contribution in [2.24, 2.45) is 0 Å². The number of nitrogens with zero attached hydrogens (tertiary/aromatic N) is 3. The van der Waals surface area contributed by atoms with Gasteiger partial charge >= 0.3 is 5.97 Å². The van der Waals surface area contributed by atoms with E-state index in [0.29, 0.717) is 11.3 Å². The van der Waals surface area contributed by atoms with Gasteiger partial charge < -0.3 is 19.3 Å². The first-order valence-corrected chi connectivity index (χ1v) is 6.46. The van der Waals surface area contributed by atoms with Crippen LogP contribution in [-0.4, -0.2) is 52.7 Å². The van der Waals surface area contributed by atoms with Crippen LogP contribution < -0.4 is 4.74 Å². The normalized spacial score (nSPS) is 10.3. The lowest BCUT2D eigenvalue weighted by atomic mass is 10.2. The molecule has 0 aliphatic heterocycles. The number of ether oxygens (including phenoxy) is 1. The Hall–Kier alpha value is -2.90. The number of carboxylic acid groups (broad SMARTS) is 1. The molecule has 0 bridgehead atoms. The van der Waals surface area contributed by atoms with Gasteiger partial charge in [0, 0.05) is 19.2 Å². The second-order valence-corrected chi connectivity index (χ2v) is 4.53. The first-order chi connectivity index (χ1) is 10.5. The molecular formula is C14H15N3O5. The predicted molar refractivity (Wildman–Crippen MR) is 75.5 cm³/mol. The third-order valence-electron chi connectivity index (χ3n) is 2.94. The molecule has 8 nitrogen and oxygen atoms in total. The van der Waals surface area contributed by atoms with Gasteiger partial charge in [0.25, 0.3) is 17.6 Å². The molecule has 0 spiro atoms. The average molecular weight is 305 g/mol. The van der Waals surface area contributed by atoms with Crippen LogP contribution in [-0.2, 0) is 4.79 Å². The molecule has 1 aromatic heterocycles. The lowest BCUT2D eigenvalue weighted by molar-refractivity contribution is -0.137. The van der Waals surface area contributed by atoms with Gasteiger partial charge in [0.1, 0.15) is 5.75 Å². The van der Waals surface area contributed by atoms with Gasteiger partial charge in [-0.15, -0.1) is 0 Å². The highest BCUT2D eigenvalue weighted by molar-refractivity contribution is 5.90. The van der Waals surface area contributed by atoms with Crippen molar-refractivity contribution in [3.05, 3.63) is 30.1 Å². The monoisotopic (exact) mass is 305 g/mol. The van der Waals surface area contributed by atoms with Crippen LogP contribution in [0.3, 0.4) is 0 Å². The number of aromatic nitrogens is 2. The lowest BCUT2D eigenvalue weighted by Crippen LogP contribution is -2.29. The standard InChI is InChI=1S/C14H15N3O5/c1-17(7-6-11(18)19)14(20)12-15-13(22-16-12)9-4-3-5-10(8-9)21-2/h3-5,8H,6-7H2,1-2H3,(H,18,19). The van der Waals surface area contributed by atoms with E-state index >= 15 is 0 Å². The summed E-state index contributed by atoms with van der Waals surface area (Å²) in [7, 11) is 3.02. The van der Waals surface area contributed by atoms with Crippen LogP contribution in [0.5, 0.6) is 5.75 Å². The quantitative estimate of drug-likeness (QED) is 0.857. The van der Waals surface area contributed by atoms with E-state index in [-0.39, 0.29) is 24.7 Å². The van der Waals surface area contributed by atoms with Crippen molar-refractivity contribution in [3.63, 3.8) is 0 Å². The van der Waals surface area contributed by atoms with Crippen LogP contribution in [0.4, 0.5) is 0 Å². The highest BCUT2D eigenvalue weighted by Crippen LogP contribution is 2.22. The van der Waals surface area contributed by atoms with E-state index in [1.165, 1.54) is 11.9 Å². The van der Waals surface area contributed by atoms with E-state index in [9.17, 15) is 9.59 Å². The van der Waals surface area contributed by atoms with E-state index in [1.807, 2.05) is 0 Å². The molecule has 8 heteroatoms. The Morgan fingerprint density at radius 3 is 2.86 bits per heavy atom. The van der Waals surface area contributed by atoms with E-state index in [1.54, 1.807) is 31.4 Å². The minimum atomic E-state index is -0.982. The first-order valence-electron chi connectivity index (χ1n) is 6.46. The number of hydrogen-bond acceptors (Lipinski definition) is 6. The molecule has 0 unspecified atom stereocenters. The van der Waals surface area contributed by atoms with E-state index in [4.69, 9.17) is 14.4 Å². The lowest BCUT2D eigenvalue weighted by Gasteiger charge is -2.12. The molecule has 0 atom stereocenters. The van der Waals surface area contributed by atoms with Gasteiger partial charge in [-0.3, -0.25) is 9.59 Å². The van der Waals surface area contributed by atoms with Crippen molar-refractivity contribution in [1.82, 2.24) is 15.0 Å². The van der Waals surface area contributed by atoms with Crippen molar-refractivity contribution in [2.75, 3.05) is 20.7 Å². The minimum absolute atomic E-state index is 0.0667. The fourth-order valence-corrected chi connectivity index (χ4v) is 1.72. The Morgan fingerprint density at radius 1 is 1.41 bits per heavy atom. The SMILES string of the molecule is COc1cccc(-c2nc(C(=O)N(C)CCC(=O)O)no2)c1. The third-order valence-corrected chi connectivity index (χ3v) is 2.94. The number of hydrogen-bond donors (Lipinski definition) is 1. The highest BCUT2D eigenvalue weighted by Gasteiger charge is 2.20. The van der Waals surface area contributed by atoms with Crippen LogP contribution in [0, 0.1) is 0 Å². The van der Waals surface area contributed by atoms with Gasteiger partial charge in [-0.25, -0.2) is 0 Å². The zero-order valence-corrected chi connectivity index (χ0v) is 12.1. The van der Waals surface area contributed by atoms with Crippen molar-refractivity contribution in [1.29, 1.82) is 0 Å². The second-order valence-electron chi connectivity index (χ2n) is 4.53. The number of carboxylic acids is 1. The Kier molecular flexibility index (Phi) is 4.72. The zero-order valence-electron chi connectivity index (χ0n) is 12.1. The molecule has 2 rings (SSSR count). The molecule has 2 aromatic rings. The Balaban J connectivity index is 2.13. The molecule has 0 radical (unpaired) electrons. The summed E-state index contributed by atoms with van der Waals surface area (Å²) in [5.74, 6) is -0.786. The van der Waals surface area contributed by atoms with Gasteiger partial charge in [0.2, 0.25) is 0 Å². The minimum Gasteiger partial charge on any atom is -0.497 e. The molecule has 0 saturated carbocycles. The summed E-state index contributed by atoms with van der Waals surface area (Å²) in [5.41, 5.74) is 0.624. The number of carbonyl (C=O) groups excluding carboxylic acids is 1. The summed E-state index contributed by atoms with van der Waals surface area (Å²) >= 11 is 0. The maximum atomic E-state index is 12.0. The zero-order chi connectivity index (χ0) is 16.1. The number of methoxy groups -OCH3 is 1. The molecular weight excluding hydrogens is 290 g/mol. The molecule has 0 fully saturated rings. The Bertz CT molecular complexity index is 683. The fourth-order valence-electron chi connectivity index (χ4n) is 1.72. The molecule has 116 valence electrons. The number of benzene rings is 1. The summed E-state index contributed by atoms with van der Waals surface area (Å²) in [6.07, 6.45) is -0.150. The van der Waals surface area contributed by atoms with Gasteiger partial charge in [-0.2, -0.15) is 4.98 Å². The smallest absolute Gasteiger partial charge is 0.305 e. The number of rotatable bonds is 6. The summed E-state index contributed by atoms with van der Waals surface area (Å²) in [5, 5.41) is 12.2. The highest BCUT2D eigenvalue weighted by atomic mass is 16.5. The van der Waals surface area contributed by atoms with Crippen molar-refractivity contribution in [3.8, 4) is 17.2 Å². The molecule has 0 saturated heterocycles. The topological polar surface area (TPSA) is 106 Å².